The molecule has 1 aromatic heterocycles. The highest BCUT2D eigenvalue weighted by atomic mass is 16.2. The summed E-state index contributed by atoms with van der Waals surface area (Å²) >= 11 is 0. The fourth-order valence-corrected chi connectivity index (χ4v) is 0.997. The third-order valence-corrected chi connectivity index (χ3v) is 1.92. The second kappa shape index (κ2) is 4.26. The van der Waals surface area contributed by atoms with Crippen molar-refractivity contribution in [2.75, 3.05) is 6.54 Å². The number of carbonyl (C=O) groups is 1. The minimum Gasteiger partial charge on any atom is -0.355 e. The van der Waals surface area contributed by atoms with Crippen molar-refractivity contribution < 1.29 is 4.79 Å². The maximum Gasteiger partial charge on any atom is 0.225 e. The summed E-state index contributed by atoms with van der Waals surface area (Å²) in [5.74, 6) is 0.0806. The average Bonchev–Trinajstić information content (AvgIpc) is 2.55. The number of amides is 1. The van der Waals surface area contributed by atoms with E-state index in [4.69, 9.17) is 0 Å². The quantitative estimate of drug-likeness (QED) is 0.759. The molecule has 0 saturated carbocycles. The standard InChI is InChI=1S/C10H17N3O/c1-10(2,3)9(14)12-5-4-8-6-11-7-13-8/h6-7H,4-5H2,1-3H3,(H,11,13)(H,12,14). The summed E-state index contributed by atoms with van der Waals surface area (Å²) in [5.41, 5.74) is 0.729. The molecule has 0 aliphatic heterocycles. The first-order chi connectivity index (χ1) is 6.50. The summed E-state index contributed by atoms with van der Waals surface area (Å²) in [6.07, 6.45) is 4.20. The molecule has 0 bridgehead atoms. The SMILES string of the molecule is CC(C)(C)C(=O)NCCc1cnc[nH]1. The van der Waals surface area contributed by atoms with Crippen LogP contribution in [0.4, 0.5) is 0 Å². The van der Waals surface area contributed by atoms with Gasteiger partial charge in [-0.15, -0.1) is 0 Å². The second-order valence-corrected chi connectivity index (χ2v) is 4.33. The number of imidazole rings is 1. The van der Waals surface area contributed by atoms with E-state index >= 15 is 0 Å². The number of nitrogens with one attached hydrogen (secondary N) is 2. The van der Waals surface area contributed by atoms with E-state index in [1.807, 2.05) is 20.8 Å². The van der Waals surface area contributed by atoms with Crippen LogP contribution in [-0.2, 0) is 11.2 Å². The molecule has 14 heavy (non-hydrogen) atoms. The van der Waals surface area contributed by atoms with Crippen LogP contribution in [0, 0.1) is 5.41 Å². The molecule has 0 radical (unpaired) electrons. The number of aromatic amines is 1. The summed E-state index contributed by atoms with van der Waals surface area (Å²) in [5, 5.41) is 2.87. The highest BCUT2D eigenvalue weighted by Crippen LogP contribution is 2.12. The molecule has 1 rings (SSSR count). The third kappa shape index (κ3) is 3.20. The van der Waals surface area contributed by atoms with Gasteiger partial charge in [-0.25, -0.2) is 4.98 Å². The van der Waals surface area contributed by atoms with E-state index in [2.05, 4.69) is 15.3 Å². The van der Waals surface area contributed by atoms with Crippen LogP contribution < -0.4 is 5.32 Å². The molecule has 1 amide bonds. The second-order valence-electron chi connectivity index (χ2n) is 4.33. The van der Waals surface area contributed by atoms with Crippen LogP contribution in [0.5, 0.6) is 0 Å². The Bertz CT molecular complexity index is 285. The van der Waals surface area contributed by atoms with Gasteiger partial charge < -0.3 is 10.3 Å². The van der Waals surface area contributed by atoms with Crippen molar-refractivity contribution in [1.29, 1.82) is 0 Å². The number of rotatable bonds is 3. The summed E-state index contributed by atoms with van der Waals surface area (Å²) in [7, 11) is 0. The number of nitrogens with zero attached hydrogens (tertiary/aromatic N) is 1. The van der Waals surface area contributed by atoms with Crippen molar-refractivity contribution in [2.45, 2.75) is 27.2 Å². The van der Waals surface area contributed by atoms with Crippen molar-refractivity contribution in [1.82, 2.24) is 15.3 Å². The number of hydrogen-bond acceptors (Lipinski definition) is 2. The van der Waals surface area contributed by atoms with Crippen molar-refractivity contribution in [3.05, 3.63) is 18.2 Å². The first kappa shape index (κ1) is 10.8. The molecule has 0 spiro atoms. The van der Waals surface area contributed by atoms with Gasteiger partial charge in [0, 0.05) is 30.3 Å². The van der Waals surface area contributed by atoms with Crippen molar-refractivity contribution >= 4 is 5.91 Å². The fourth-order valence-electron chi connectivity index (χ4n) is 0.997. The molecule has 4 nitrogen and oxygen atoms in total. The van der Waals surface area contributed by atoms with Crippen LogP contribution in [0.3, 0.4) is 0 Å². The van der Waals surface area contributed by atoms with Crippen LogP contribution in [-0.4, -0.2) is 22.4 Å². The Balaban J connectivity index is 2.26. The molecule has 0 aliphatic rings. The van der Waals surface area contributed by atoms with Gasteiger partial charge in [0.1, 0.15) is 0 Å². The van der Waals surface area contributed by atoms with Crippen LogP contribution in [0.25, 0.3) is 0 Å². The Kier molecular flexibility index (Phi) is 3.28. The van der Waals surface area contributed by atoms with E-state index in [9.17, 15) is 4.79 Å². The summed E-state index contributed by atoms with van der Waals surface area (Å²) < 4.78 is 0. The summed E-state index contributed by atoms with van der Waals surface area (Å²) in [4.78, 5) is 18.3. The minimum absolute atomic E-state index is 0.0806. The fraction of sp³-hybridized carbons (Fsp3) is 0.600. The lowest BCUT2D eigenvalue weighted by Gasteiger charge is -2.17. The largest absolute Gasteiger partial charge is 0.355 e. The third-order valence-electron chi connectivity index (χ3n) is 1.92. The smallest absolute Gasteiger partial charge is 0.225 e. The Morgan fingerprint density at radius 2 is 2.29 bits per heavy atom. The average molecular weight is 195 g/mol. The topological polar surface area (TPSA) is 57.8 Å². The lowest BCUT2D eigenvalue weighted by molar-refractivity contribution is -0.128. The molecule has 0 saturated heterocycles. The minimum atomic E-state index is -0.312. The Morgan fingerprint density at radius 1 is 1.57 bits per heavy atom. The van der Waals surface area contributed by atoms with E-state index in [1.54, 1.807) is 12.5 Å². The van der Waals surface area contributed by atoms with Gasteiger partial charge in [0.15, 0.2) is 0 Å². The lowest BCUT2D eigenvalue weighted by atomic mass is 9.96. The molecule has 2 N–H and O–H groups in total. The zero-order valence-electron chi connectivity index (χ0n) is 8.92. The van der Waals surface area contributed by atoms with E-state index in [0.717, 1.165) is 12.1 Å². The van der Waals surface area contributed by atoms with Gasteiger partial charge in [0.25, 0.3) is 0 Å². The zero-order chi connectivity index (χ0) is 10.6. The van der Waals surface area contributed by atoms with Crippen LogP contribution in [0.15, 0.2) is 12.5 Å². The highest BCUT2D eigenvalue weighted by molar-refractivity contribution is 5.81. The van der Waals surface area contributed by atoms with Crippen molar-refractivity contribution in [3.63, 3.8) is 0 Å². The lowest BCUT2D eigenvalue weighted by Crippen LogP contribution is -2.35. The number of hydrogen-bond donors (Lipinski definition) is 2. The molecule has 0 aromatic carbocycles. The predicted octanol–water partition coefficient (Wildman–Crippen LogP) is 1.11. The van der Waals surface area contributed by atoms with E-state index in [-0.39, 0.29) is 11.3 Å². The molecule has 4 heteroatoms. The van der Waals surface area contributed by atoms with Gasteiger partial charge in [0.2, 0.25) is 5.91 Å². The molecule has 0 fully saturated rings. The van der Waals surface area contributed by atoms with Gasteiger partial charge in [0.05, 0.1) is 6.33 Å². The van der Waals surface area contributed by atoms with Gasteiger partial charge in [-0.1, -0.05) is 20.8 Å². The monoisotopic (exact) mass is 195 g/mol. The Labute approximate surface area is 84.1 Å². The van der Waals surface area contributed by atoms with E-state index in [0.29, 0.717) is 6.54 Å². The maximum absolute atomic E-state index is 11.5. The van der Waals surface area contributed by atoms with Crippen molar-refractivity contribution in [3.8, 4) is 0 Å². The molecule has 1 aromatic rings. The Hall–Kier alpha value is -1.32. The van der Waals surface area contributed by atoms with Crippen LogP contribution >= 0.6 is 0 Å². The molecule has 0 unspecified atom stereocenters. The zero-order valence-corrected chi connectivity index (χ0v) is 8.92. The van der Waals surface area contributed by atoms with Crippen LogP contribution in [0.1, 0.15) is 26.5 Å². The van der Waals surface area contributed by atoms with E-state index in [1.165, 1.54) is 0 Å². The van der Waals surface area contributed by atoms with E-state index < -0.39 is 0 Å². The maximum atomic E-state index is 11.5. The van der Waals surface area contributed by atoms with Gasteiger partial charge in [-0.3, -0.25) is 4.79 Å². The molecule has 78 valence electrons. The number of carbonyl (C=O) groups excluding carboxylic acids is 1. The van der Waals surface area contributed by atoms with Crippen LogP contribution in [0.2, 0.25) is 0 Å². The normalized spacial score (nSPS) is 11.4. The van der Waals surface area contributed by atoms with Gasteiger partial charge in [-0.2, -0.15) is 0 Å². The molecule has 0 atom stereocenters. The molecule has 0 aliphatic carbocycles. The van der Waals surface area contributed by atoms with Gasteiger partial charge in [-0.05, 0) is 0 Å². The van der Waals surface area contributed by atoms with Crippen molar-refractivity contribution in [2.24, 2.45) is 5.41 Å². The molecular weight excluding hydrogens is 178 g/mol. The first-order valence-corrected chi connectivity index (χ1v) is 4.75. The first-order valence-electron chi connectivity index (χ1n) is 4.75. The Morgan fingerprint density at radius 3 is 2.79 bits per heavy atom. The highest BCUT2D eigenvalue weighted by Gasteiger charge is 2.20. The summed E-state index contributed by atoms with van der Waals surface area (Å²) in [6.45, 7) is 6.36. The number of aromatic nitrogens is 2. The number of H-pyrrole nitrogens is 1. The van der Waals surface area contributed by atoms with Gasteiger partial charge >= 0.3 is 0 Å². The molecule has 1 heterocycles. The summed E-state index contributed by atoms with van der Waals surface area (Å²) in [6, 6.07) is 0. The predicted molar refractivity (Wildman–Crippen MR) is 54.8 cm³/mol. The molecular formula is C10H17N3O.